The number of aldehydes is 1. The number of likely N-dealkylation sites (N-methyl/N-ethyl adjacent to an activating group) is 1. The number of primary amides is 2. The highest BCUT2D eigenvalue weighted by molar-refractivity contribution is 7.78. The van der Waals surface area contributed by atoms with Crippen LogP contribution in [0.2, 0.25) is 0 Å². The summed E-state index contributed by atoms with van der Waals surface area (Å²) in [5, 5.41) is 0.631. The zero-order valence-electron chi connectivity index (χ0n) is 33.6. The largest absolute Gasteiger partial charge is 0.497 e. The number of allylic oxidation sites excluding steroid dienone is 5. The second-order valence-corrected chi connectivity index (χ2v) is 13.6. The Kier molecular flexibility index (Phi) is 23.6. The van der Waals surface area contributed by atoms with Crippen LogP contribution in [0.4, 0.5) is 4.79 Å². The van der Waals surface area contributed by atoms with Crippen molar-refractivity contribution in [3.8, 4) is 17.6 Å². The summed E-state index contributed by atoms with van der Waals surface area (Å²) in [5.41, 5.74) is 11.6. The zero-order valence-corrected chi connectivity index (χ0v) is 34.4. The number of hydrogen-bond donors (Lipinski definition) is 5. The molecule has 0 bridgehead atoms. The second kappa shape index (κ2) is 26.3. The lowest BCUT2D eigenvalue weighted by molar-refractivity contribution is -0.124. The number of H-pyrrole nitrogens is 1. The van der Waals surface area contributed by atoms with E-state index in [2.05, 4.69) is 58.8 Å². The SMILES string of the molecule is C=C/C=C(\C=C)c1cc(=O)c2ccc(OC)cc2[nH]1.C=CC1CC1C(=O)NS.CC#CC(=O)N(C)CCC=O.CC(C)(C)OC(N)=O.CN1CCCC1C(N)=O. The Morgan fingerprint density at radius 1 is 1.16 bits per heavy atom. The number of nitrogens with one attached hydrogen (secondary N) is 2. The van der Waals surface area contributed by atoms with Gasteiger partial charge in [-0.1, -0.05) is 56.2 Å². The number of likely N-dealkylation sites (tertiary alicyclic amines) is 1. The summed E-state index contributed by atoms with van der Waals surface area (Å²) in [6, 6.07) is 6.89. The van der Waals surface area contributed by atoms with Crippen LogP contribution in [0.1, 0.15) is 59.1 Å². The van der Waals surface area contributed by atoms with Crippen molar-refractivity contribution in [3.63, 3.8) is 0 Å². The Morgan fingerprint density at radius 3 is 2.21 bits per heavy atom. The highest BCUT2D eigenvalue weighted by Gasteiger charge is 2.40. The summed E-state index contributed by atoms with van der Waals surface area (Å²) in [6.45, 7) is 19.3. The van der Waals surface area contributed by atoms with Crippen molar-refractivity contribution in [1.82, 2.24) is 19.5 Å². The fourth-order valence-corrected chi connectivity index (χ4v) is 5.06. The van der Waals surface area contributed by atoms with Gasteiger partial charge < -0.3 is 40.3 Å². The van der Waals surface area contributed by atoms with E-state index in [0.29, 0.717) is 35.7 Å². The van der Waals surface area contributed by atoms with E-state index < -0.39 is 11.7 Å². The number of rotatable bonds is 10. The molecule has 2 fully saturated rings. The minimum Gasteiger partial charge on any atom is -0.497 e. The van der Waals surface area contributed by atoms with Crippen LogP contribution >= 0.6 is 12.8 Å². The molecule has 0 spiro atoms. The van der Waals surface area contributed by atoms with Gasteiger partial charge in [0.2, 0.25) is 11.8 Å². The smallest absolute Gasteiger partial charge is 0.405 e. The molecule has 1 saturated carbocycles. The van der Waals surface area contributed by atoms with Crippen LogP contribution in [0, 0.1) is 23.7 Å². The molecule has 2 heterocycles. The van der Waals surface area contributed by atoms with E-state index in [1.807, 2.05) is 18.0 Å². The number of fused-ring (bicyclic) bond motifs is 1. The lowest BCUT2D eigenvalue weighted by Gasteiger charge is -2.16. The topological polar surface area (TPSA) is 207 Å². The number of carbonyl (C=O) groups excluding carboxylic acids is 5. The number of nitrogens with zero attached hydrogens (tertiary/aromatic N) is 2. The molecule has 3 atom stereocenters. The van der Waals surface area contributed by atoms with Crippen LogP contribution in [-0.4, -0.2) is 90.8 Å². The Balaban J connectivity index is 0.000000710. The molecule has 15 heteroatoms. The van der Waals surface area contributed by atoms with Crippen LogP contribution in [0.3, 0.4) is 0 Å². The minimum absolute atomic E-state index is 0.00463. The average Bonchev–Trinajstić information content (AvgIpc) is 3.82. The van der Waals surface area contributed by atoms with Gasteiger partial charge in [-0.3, -0.25) is 24.1 Å². The van der Waals surface area contributed by atoms with Crippen LogP contribution in [0.15, 0.2) is 73.1 Å². The molecule has 4 rings (SSSR count). The van der Waals surface area contributed by atoms with E-state index in [1.165, 1.54) is 4.90 Å². The second-order valence-electron chi connectivity index (χ2n) is 13.4. The summed E-state index contributed by atoms with van der Waals surface area (Å²) in [6.07, 6.45) is 10.3. The molecule has 3 unspecified atom stereocenters. The number of aromatic nitrogens is 1. The van der Waals surface area contributed by atoms with Crippen molar-refractivity contribution < 1.29 is 33.4 Å². The van der Waals surface area contributed by atoms with E-state index in [-0.39, 0.29) is 35.1 Å². The minimum atomic E-state index is -0.725. The predicted octanol–water partition coefficient (Wildman–Crippen LogP) is 4.56. The van der Waals surface area contributed by atoms with Crippen molar-refractivity contribution in [2.45, 2.75) is 65.0 Å². The number of pyridine rings is 1. The van der Waals surface area contributed by atoms with Gasteiger partial charge in [-0.05, 0) is 90.1 Å². The van der Waals surface area contributed by atoms with E-state index >= 15 is 0 Å². The molecule has 2 aliphatic rings. The number of ether oxygens (including phenoxy) is 2. The zero-order chi connectivity index (χ0) is 43.0. The van der Waals surface area contributed by atoms with Crippen molar-refractivity contribution >= 4 is 59.4 Å². The monoisotopic (exact) mass is 794 g/mol. The molecular weight excluding hydrogens is 737 g/mol. The highest BCUT2D eigenvalue weighted by Crippen LogP contribution is 2.39. The first-order valence-electron chi connectivity index (χ1n) is 17.7. The van der Waals surface area contributed by atoms with Crippen LogP contribution < -0.4 is 26.4 Å². The van der Waals surface area contributed by atoms with Crippen molar-refractivity contribution in [2.24, 2.45) is 23.3 Å². The van der Waals surface area contributed by atoms with E-state index in [1.54, 1.807) is 84.3 Å². The standard InChI is InChI=1S/C16H15NO2.C8H11NO2.C6H12N2O.C6H9NOS.C5H11NO2/c1-4-6-11(5-2)14-10-16(18)13-8-7-12(19-3)9-15(13)17-14;1-3-5-8(11)9(2)6-4-7-10;1-8-4-2-3-5(8)6(7)9;1-2-4-3-5(4)6(8)7-9;1-5(2,3)8-4(6)7/h4-10H,1-2H2,3H3,(H,17,18);7H,4,6H2,1-2H3;5H,2-4H2,1H3,(H2,7,9);2,4-5,9H,1,3H2,(H,7,8);1-3H3,(H2,6,7)/b11-6+;;;;. The van der Waals surface area contributed by atoms with Crippen molar-refractivity contribution in [3.05, 3.63) is 84.2 Å². The molecule has 1 aromatic carbocycles. The number of amides is 4. The predicted molar refractivity (Wildman–Crippen MR) is 225 cm³/mol. The number of aromatic amines is 1. The van der Waals surface area contributed by atoms with Gasteiger partial charge in [-0.2, -0.15) is 0 Å². The lowest BCUT2D eigenvalue weighted by Crippen LogP contribution is -2.37. The first-order chi connectivity index (χ1) is 26.3. The summed E-state index contributed by atoms with van der Waals surface area (Å²) in [5.74, 6) is 5.72. The molecule has 1 aliphatic carbocycles. The molecule has 1 aliphatic heterocycles. The maximum absolute atomic E-state index is 12.1. The number of methoxy groups -OCH3 is 1. The van der Waals surface area contributed by atoms with Gasteiger partial charge in [-0.25, -0.2) is 4.79 Å². The van der Waals surface area contributed by atoms with Gasteiger partial charge in [-0.15, -0.1) is 6.58 Å². The Bertz CT molecular complexity index is 1820. The van der Waals surface area contributed by atoms with Crippen LogP contribution in [0.5, 0.6) is 5.75 Å². The first kappa shape index (κ1) is 50.4. The summed E-state index contributed by atoms with van der Waals surface area (Å²) in [4.78, 5) is 70.8. The quantitative estimate of drug-likeness (QED) is 0.0750. The van der Waals surface area contributed by atoms with Gasteiger partial charge in [0.05, 0.1) is 18.7 Å². The number of benzene rings is 1. The van der Waals surface area contributed by atoms with E-state index in [9.17, 15) is 28.8 Å². The molecule has 14 nitrogen and oxygen atoms in total. The van der Waals surface area contributed by atoms with Gasteiger partial charge in [0.1, 0.15) is 17.6 Å². The number of thiol groups is 1. The summed E-state index contributed by atoms with van der Waals surface area (Å²) in [7, 11) is 5.15. The summed E-state index contributed by atoms with van der Waals surface area (Å²) >= 11 is 3.64. The van der Waals surface area contributed by atoms with E-state index in [4.69, 9.17) is 16.2 Å². The van der Waals surface area contributed by atoms with Crippen LogP contribution in [0.25, 0.3) is 16.5 Å². The molecule has 6 N–H and O–H groups in total. The third kappa shape index (κ3) is 19.7. The molecule has 0 radical (unpaired) electrons. The summed E-state index contributed by atoms with van der Waals surface area (Å²) < 4.78 is 12.0. The third-order valence-corrected chi connectivity index (χ3v) is 8.09. The van der Waals surface area contributed by atoms with Gasteiger partial charge in [0.25, 0.3) is 5.91 Å². The van der Waals surface area contributed by atoms with Crippen molar-refractivity contribution in [1.29, 1.82) is 0 Å². The third-order valence-electron chi connectivity index (χ3n) is 7.87. The molecule has 306 valence electrons. The number of nitrogens with two attached hydrogens (primary N) is 2. The molecule has 2 aromatic rings. The van der Waals surface area contributed by atoms with Gasteiger partial charge >= 0.3 is 6.09 Å². The van der Waals surface area contributed by atoms with Gasteiger partial charge in [0, 0.05) is 49.1 Å². The Morgan fingerprint density at radius 2 is 1.82 bits per heavy atom. The number of carbonyl (C=O) groups is 5. The first-order valence-corrected chi connectivity index (χ1v) is 18.1. The Labute approximate surface area is 335 Å². The molecular formula is C41H58N6O8S. The molecule has 1 saturated heterocycles. The van der Waals surface area contributed by atoms with Crippen molar-refractivity contribution in [2.75, 3.05) is 34.3 Å². The maximum Gasteiger partial charge on any atom is 0.405 e. The Hall–Kier alpha value is -5.59. The fraction of sp³-hybridized carbons (Fsp3) is 0.415. The molecule has 4 amide bonds. The normalized spacial score (nSPS) is 16.6. The maximum atomic E-state index is 12.1. The fourth-order valence-electron chi connectivity index (χ4n) is 4.89. The van der Waals surface area contributed by atoms with Gasteiger partial charge in [0.15, 0.2) is 5.43 Å². The lowest BCUT2D eigenvalue weighted by atomic mass is 10.1. The number of hydrogen-bond acceptors (Lipinski definition) is 10. The average molecular weight is 795 g/mol. The van der Waals surface area contributed by atoms with Crippen LogP contribution in [-0.2, 0) is 23.9 Å². The highest BCUT2D eigenvalue weighted by atomic mass is 32.1. The molecule has 56 heavy (non-hydrogen) atoms. The molecule has 1 aromatic heterocycles. The van der Waals surface area contributed by atoms with E-state index in [0.717, 1.165) is 43.2 Å².